The van der Waals surface area contributed by atoms with Crippen LogP contribution in [0.5, 0.6) is 0 Å². The molecule has 96 valence electrons. The minimum Gasteiger partial charge on any atom is -0.354 e. The van der Waals surface area contributed by atoms with E-state index in [2.05, 4.69) is 21.2 Å². The quantitative estimate of drug-likeness (QED) is 0.855. The van der Waals surface area contributed by atoms with Gasteiger partial charge in [-0.05, 0) is 40.5 Å². The zero-order chi connectivity index (χ0) is 13.1. The number of rotatable bonds is 1. The molecular weight excluding hydrogens is 303 g/mol. The first kappa shape index (κ1) is 13.0. The van der Waals surface area contributed by atoms with Crippen LogP contribution in [0.4, 0.5) is 4.39 Å². The van der Waals surface area contributed by atoms with E-state index in [1.54, 1.807) is 0 Å². The fourth-order valence-corrected chi connectivity index (χ4v) is 2.23. The molecule has 4 nitrogen and oxygen atoms in total. The molecule has 2 amide bonds. The third-order valence-electron chi connectivity index (χ3n) is 2.71. The molecule has 0 aliphatic carbocycles. The molecule has 0 saturated carbocycles. The molecule has 1 fully saturated rings. The molecular formula is C12H12BrFN2O2. The zero-order valence-electron chi connectivity index (χ0n) is 9.58. The van der Waals surface area contributed by atoms with Crippen LogP contribution < -0.4 is 5.32 Å². The van der Waals surface area contributed by atoms with Crippen molar-refractivity contribution in [2.75, 3.05) is 19.6 Å². The Morgan fingerprint density at radius 2 is 2.22 bits per heavy atom. The van der Waals surface area contributed by atoms with Crippen LogP contribution in [0.15, 0.2) is 22.7 Å². The minimum absolute atomic E-state index is 0.0157. The molecule has 0 radical (unpaired) electrons. The monoisotopic (exact) mass is 314 g/mol. The van der Waals surface area contributed by atoms with Gasteiger partial charge in [0.15, 0.2) is 0 Å². The predicted molar refractivity (Wildman–Crippen MR) is 67.6 cm³/mol. The summed E-state index contributed by atoms with van der Waals surface area (Å²) in [6.07, 6.45) is 0.699. The standard InChI is InChI=1S/C12H12BrFN2O2/c13-10-3-2-8(14)6-9(10)12(18)16-5-1-4-15-11(17)7-16/h2-3,6H,1,4-5,7H2,(H,15,17). The van der Waals surface area contributed by atoms with E-state index in [9.17, 15) is 14.0 Å². The molecule has 1 aliphatic rings. The zero-order valence-corrected chi connectivity index (χ0v) is 11.2. The lowest BCUT2D eigenvalue weighted by molar-refractivity contribution is -0.121. The molecule has 0 unspecified atom stereocenters. The Morgan fingerprint density at radius 3 is 3.00 bits per heavy atom. The van der Waals surface area contributed by atoms with Gasteiger partial charge in [-0.3, -0.25) is 9.59 Å². The first-order valence-corrected chi connectivity index (χ1v) is 6.38. The third kappa shape index (κ3) is 2.87. The minimum atomic E-state index is -0.471. The van der Waals surface area contributed by atoms with Gasteiger partial charge < -0.3 is 10.2 Å². The second-order valence-corrected chi connectivity index (χ2v) is 4.91. The molecule has 1 aromatic carbocycles. The first-order valence-electron chi connectivity index (χ1n) is 5.59. The molecule has 2 rings (SSSR count). The Bertz CT molecular complexity index is 493. The predicted octanol–water partition coefficient (Wildman–Crippen LogP) is 1.55. The van der Waals surface area contributed by atoms with E-state index < -0.39 is 5.82 Å². The van der Waals surface area contributed by atoms with E-state index in [1.165, 1.54) is 23.1 Å². The molecule has 1 saturated heterocycles. The second-order valence-electron chi connectivity index (χ2n) is 4.05. The lowest BCUT2D eigenvalue weighted by Gasteiger charge is -2.19. The summed E-state index contributed by atoms with van der Waals surface area (Å²) in [6.45, 7) is 1.06. The summed E-state index contributed by atoms with van der Waals surface area (Å²) in [7, 11) is 0. The fraction of sp³-hybridized carbons (Fsp3) is 0.333. The van der Waals surface area contributed by atoms with Crippen LogP contribution in [0.1, 0.15) is 16.8 Å². The number of benzene rings is 1. The Morgan fingerprint density at radius 1 is 1.44 bits per heavy atom. The molecule has 1 heterocycles. The van der Waals surface area contributed by atoms with Crippen LogP contribution in [0.25, 0.3) is 0 Å². The average molecular weight is 315 g/mol. The molecule has 1 aliphatic heterocycles. The van der Waals surface area contributed by atoms with Crippen molar-refractivity contribution >= 4 is 27.7 Å². The van der Waals surface area contributed by atoms with Crippen molar-refractivity contribution in [3.63, 3.8) is 0 Å². The van der Waals surface area contributed by atoms with Crippen LogP contribution in [0, 0.1) is 5.82 Å². The Hall–Kier alpha value is -1.43. The van der Waals surface area contributed by atoms with Crippen LogP contribution in [-0.4, -0.2) is 36.3 Å². The summed E-state index contributed by atoms with van der Waals surface area (Å²) in [5, 5.41) is 2.69. The number of halogens is 2. The summed E-state index contributed by atoms with van der Waals surface area (Å²) >= 11 is 3.22. The van der Waals surface area contributed by atoms with Crippen molar-refractivity contribution in [1.82, 2.24) is 10.2 Å². The lowest BCUT2D eigenvalue weighted by atomic mass is 10.2. The number of hydrogen-bond acceptors (Lipinski definition) is 2. The second kappa shape index (κ2) is 5.48. The smallest absolute Gasteiger partial charge is 0.255 e. The third-order valence-corrected chi connectivity index (χ3v) is 3.40. The van der Waals surface area contributed by atoms with Crippen molar-refractivity contribution < 1.29 is 14.0 Å². The summed E-state index contributed by atoms with van der Waals surface area (Å²) in [5.74, 6) is -0.993. The van der Waals surface area contributed by atoms with Gasteiger partial charge in [0.25, 0.3) is 5.91 Å². The number of nitrogens with zero attached hydrogens (tertiary/aromatic N) is 1. The van der Waals surface area contributed by atoms with Gasteiger partial charge in [-0.1, -0.05) is 0 Å². The van der Waals surface area contributed by atoms with Crippen LogP contribution >= 0.6 is 15.9 Å². The summed E-state index contributed by atoms with van der Waals surface area (Å²) in [6, 6.07) is 3.94. The van der Waals surface area contributed by atoms with E-state index in [-0.39, 0.29) is 23.9 Å². The van der Waals surface area contributed by atoms with Crippen molar-refractivity contribution in [3.8, 4) is 0 Å². The van der Waals surface area contributed by atoms with E-state index in [0.717, 1.165) is 0 Å². The van der Waals surface area contributed by atoms with Crippen molar-refractivity contribution in [2.45, 2.75) is 6.42 Å². The molecule has 1 N–H and O–H groups in total. The van der Waals surface area contributed by atoms with Gasteiger partial charge in [-0.2, -0.15) is 0 Å². The van der Waals surface area contributed by atoms with Gasteiger partial charge in [0.2, 0.25) is 5.91 Å². The summed E-state index contributed by atoms with van der Waals surface area (Å²) in [4.78, 5) is 25.0. The van der Waals surface area contributed by atoms with Gasteiger partial charge in [-0.15, -0.1) is 0 Å². The Balaban J connectivity index is 2.24. The van der Waals surface area contributed by atoms with Crippen molar-refractivity contribution in [1.29, 1.82) is 0 Å². The Labute approximate surface area is 112 Å². The van der Waals surface area contributed by atoms with Crippen molar-refractivity contribution in [2.24, 2.45) is 0 Å². The van der Waals surface area contributed by atoms with Gasteiger partial charge >= 0.3 is 0 Å². The highest BCUT2D eigenvalue weighted by Gasteiger charge is 2.22. The highest BCUT2D eigenvalue weighted by molar-refractivity contribution is 9.10. The van der Waals surface area contributed by atoms with E-state index >= 15 is 0 Å². The molecule has 18 heavy (non-hydrogen) atoms. The maximum atomic E-state index is 13.2. The maximum Gasteiger partial charge on any atom is 0.255 e. The van der Waals surface area contributed by atoms with Crippen molar-refractivity contribution in [3.05, 3.63) is 34.1 Å². The largest absolute Gasteiger partial charge is 0.354 e. The van der Waals surface area contributed by atoms with Gasteiger partial charge in [0.1, 0.15) is 5.82 Å². The van der Waals surface area contributed by atoms with E-state index in [1.807, 2.05) is 0 Å². The maximum absolute atomic E-state index is 13.2. The number of carbonyl (C=O) groups excluding carboxylic acids is 2. The number of carbonyl (C=O) groups is 2. The highest BCUT2D eigenvalue weighted by atomic mass is 79.9. The van der Waals surface area contributed by atoms with Gasteiger partial charge in [0.05, 0.1) is 12.1 Å². The number of amides is 2. The highest BCUT2D eigenvalue weighted by Crippen LogP contribution is 2.20. The van der Waals surface area contributed by atoms with Crippen LogP contribution in [-0.2, 0) is 4.79 Å². The molecule has 6 heteroatoms. The van der Waals surface area contributed by atoms with Gasteiger partial charge in [-0.25, -0.2) is 4.39 Å². The van der Waals surface area contributed by atoms with Crippen LogP contribution in [0.3, 0.4) is 0 Å². The first-order chi connectivity index (χ1) is 8.58. The summed E-state index contributed by atoms with van der Waals surface area (Å²) in [5.41, 5.74) is 0.240. The topological polar surface area (TPSA) is 49.4 Å². The molecule has 0 spiro atoms. The number of nitrogens with one attached hydrogen (secondary N) is 1. The lowest BCUT2D eigenvalue weighted by Crippen LogP contribution is -2.37. The molecule has 0 atom stereocenters. The van der Waals surface area contributed by atoms with Gasteiger partial charge in [0, 0.05) is 17.6 Å². The Kier molecular flexibility index (Phi) is 3.96. The van der Waals surface area contributed by atoms with E-state index in [0.29, 0.717) is 24.0 Å². The molecule has 1 aromatic rings. The van der Waals surface area contributed by atoms with E-state index in [4.69, 9.17) is 0 Å². The molecule has 0 aromatic heterocycles. The number of hydrogen-bond donors (Lipinski definition) is 1. The van der Waals surface area contributed by atoms with Crippen LogP contribution in [0.2, 0.25) is 0 Å². The SMILES string of the molecule is O=C1CN(C(=O)c2cc(F)ccc2Br)CCCN1. The normalized spacial score (nSPS) is 16.1. The fourth-order valence-electron chi connectivity index (χ4n) is 1.81. The average Bonchev–Trinajstić information content (AvgIpc) is 2.56. The molecule has 0 bridgehead atoms. The summed E-state index contributed by atoms with van der Waals surface area (Å²) < 4.78 is 13.7.